The van der Waals surface area contributed by atoms with Crippen LogP contribution in [0.2, 0.25) is 5.04 Å². The number of nitrogens with zero attached hydrogens (tertiary/aromatic N) is 1. The lowest BCUT2D eigenvalue weighted by atomic mass is 10.1. The van der Waals surface area contributed by atoms with Crippen molar-refractivity contribution < 1.29 is 18.7 Å². The maximum absolute atomic E-state index is 14.1. The first kappa shape index (κ1) is 27.5. The first-order chi connectivity index (χ1) is 18.6. The Morgan fingerprint density at radius 1 is 1.03 bits per heavy atom. The molecular formula is C33H41NO4Si. The van der Waals surface area contributed by atoms with Crippen molar-refractivity contribution in [2.24, 2.45) is 0 Å². The van der Waals surface area contributed by atoms with E-state index in [1.54, 1.807) is 0 Å². The third-order valence-corrected chi connectivity index (χ3v) is 13.2. The summed E-state index contributed by atoms with van der Waals surface area (Å²) in [5, 5.41) is 2.37. The summed E-state index contributed by atoms with van der Waals surface area (Å²) < 4.78 is 19.9. The minimum Gasteiger partial charge on any atom is -0.490 e. The van der Waals surface area contributed by atoms with E-state index in [4.69, 9.17) is 13.9 Å². The van der Waals surface area contributed by atoms with Crippen LogP contribution in [0.3, 0.4) is 0 Å². The second kappa shape index (κ2) is 10.8. The Labute approximate surface area is 234 Å². The highest BCUT2D eigenvalue weighted by Gasteiger charge is 2.53. The van der Waals surface area contributed by atoms with Gasteiger partial charge in [-0.15, -0.1) is 0 Å². The van der Waals surface area contributed by atoms with Crippen molar-refractivity contribution in [1.82, 2.24) is 4.90 Å². The average molecular weight is 544 g/mol. The quantitative estimate of drug-likeness (QED) is 0.358. The van der Waals surface area contributed by atoms with Gasteiger partial charge in [0, 0.05) is 6.54 Å². The van der Waals surface area contributed by atoms with Crippen LogP contribution in [0.1, 0.15) is 63.4 Å². The van der Waals surface area contributed by atoms with Crippen molar-refractivity contribution in [3.05, 3.63) is 83.9 Å². The van der Waals surface area contributed by atoms with Gasteiger partial charge in [-0.3, -0.25) is 4.79 Å². The van der Waals surface area contributed by atoms with Crippen LogP contribution in [-0.4, -0.2) is 50.5 Å². The fourth-order valence-corrected chi connectivity index (χ4v) is 10.8. The zero-order chi connectivity index (χ0) is 27.8. The maximum atomic E-state index is 14.1. The average Bonchev–Trinajstić information content (AvgIpc) is 3.27. The molecule has 39 heavy (non-hydrogen) atoms. The largest absolute Gasteiger partial charge is 0.490 e. The van der Waals surface area contributed by atoms with Crippen LogP contribution < -0.4 is 19.8 Å². The summed E-state index contributed by atoms with van der Waals surface area (Å²) in [6.07, 6.45) is 1.51. The molecule has 0 aliphatic carbocycles. The van der Waals surface area contributed by atoms with Gasteiger partial charge in [0.1, 0.15) is 23.7 Å². The van der Waals surface area contributed by atoms with E-state index in [1.165, 1.54) is 10.4 Å². The van der Waals surface area contributed by atoms with Gasteiger partial charge >= 0.3 is 0 Å². The Morgan fingerprint density at radius 2 is 1.64 bits per heavy atom. The molecule has 2 heterocycles. The number of aryl methyl sites for hydroxylation is 1. The first-order valence-corrected chi connectivity index (χ1v) is 16.1. The van der Waals surface area contributed by atoms with Crippen LogP contribution in [0.25, 0.3) is 0 Å². The molecule has 206 valence electrons. The Hall–Kier alpha value is -3.09. The van der Waals surface area contributed by atoms with Gasteiger partial charge in [-0.25, -0.2) is 0 Å². The van der Waals surface area contributed by atoms with Gasteiger partial charge in [-0.05, 0) is 59.8 Å². The molecule has 0 unspecified atom stereocenters. The van der Waals surface area contributed by atoms with E-state index in [1.807, 2.05) is 30.9 Å². The molecule has 1 fully saturated rings. The topological polar surface area (TPSA) is 48.0 Å². The van der Waals surface area contributed by atoms with Gasteiger partial charge in [0.25, 0.3) is 14.2 Å². The standard InChI is InChI=1S/C33H41NO4Si/c1-7-24(3)37-30-19-23(2)18-29-31(30)32(35)34-21-26(20-25(34)22-36-29)38-39(33(4,5)6,27-14-10-8-11-15-27)28-16-12-9-13-17-28/h8-19,24-26H,7,20-22H2,1-6H3/t24-,25-,26-/m1/s1. The van der Waals surface area contributed by atoms with E-state index in [0.717, 1.165) is 18.4 Å². The number of hydrogen-bond donors (Lipinski definition) is 0. The zero-order valence-electron chi connectivity index (χ0n) is 24.1. The monoisotopic (exact) mass is 543 g/mol. The van der Waals surface area contributed by atoms with Gasteiger partial charge in [-0.2, -0.15) is 0 Å². The smallest absolute Gasteiger partial charge is 0.261 e. The van der Waals surface area contributed by atoms with Crippen LogP contribution in [0.15, 0.2) is 72.8 Å². The molecule has 0 bridgehead atoms. The molecule has 2 aliphatic rings. The summed E-state index contributed by atoms with van der Waals surface area (Å²) in [6.45, 7) is 14.0. The highest BCUT2D eigenvalue weighted by molar-refractivity contribution is 6.99. The molecule has 0 saturated carbocycles. The number of benzene rings is 3. The number of rotatable bonds is 7. The fourth-order valence-electron chi connectivity index (χ4n) is 6.08. The number of carbonyl (C=O) groups is 1. The van der Waals surface area contributed by atoms with E-state index >= 15 is 0 Å². The lowest BCUT2D eigenvalue weighted by Gasteiger charge is -2.44. The second-order valence-corrected chi connectivity index (χ2v) is 16.3. The molecule has 0 spiro atoms. The summed E-state index contributed by atoms with van der Waals surface area (Å²) in [4.78, 5) is 16.1. The number of hydrogen-bond acceptors (Lipinski definition) is 4. The molecule has 1 amide bonds. The van der Waals surface area contributed by atoms with E-state index in [2.05, 4.69) is 88.4 Å². The van der Waals surface area contributed by atoms with Gasteiger partial charge < -0.3 is 18.8 Å². The molecule has 3 aromatic carbocycles. The molecule has 3 aromatic rings. The Morgan fingerprint density at radius 3 is 2.21 bits per heavy atom. The van der Waals surface area contributed by atoms with Crippen LogP contribution in [0.4, 0.5) is 0 Å². The SMILES string of the molecule is CC[C@@H](C)Oc1cc(C)cc2c1C(=O)N1C[C@H](O[Si](c3ccccc3)(c3ccccc3)C(C)(C)C)C[C@@H]1CO2. The summed E-state index contributed by atoms with van der Waals surface area (Å²) >= 11 is 0. The number of carbonyl (C=O) groups excluding carboxylic acids is 1. The molecule has 6 heteroatoms. The fraction of sp³-hybridized carbons (Fsp3) is 0.424. The lowest BCUT2D eigenvalue weighted by Crippen LogP contribution is -2.67. The maximum Gasteiger partial charge on any atom is 0.261 e. The number of ether oxygens (including phenoxy) is 2. The predicted octanol–water partition coefficient (Wildman–Crippen LogP) is 5.72. The summed E-state index contributed by atoms with van der Waals surface area (Å²) in [6, 6.07) is 25.2. The third kappa shape index (κ3) is 5.12. The predicted molar refractivity (Wildman–Crippen MR) is 159 cm³/mol. The van der Waals surface area contributed by atoms with E-state index in [0.29, 0.717) is 30.2 Å². The Kier molecular flexibility index (Phi) is 7.62. The zero-order valence-corrected chi connectivity index (χ0v) is 25.1. The summed E-state index contributed by atoms with van der Waals surface area (Å²) in [5.74, 6) is 1.21. The summed E-state index contributed by atoms with van der Waals surface area (Å²) in [7, 11) is -2.73. The second-order valence-electron chi connectivity index (χ2n) is 12.0. The highest BCUT2D eigenvalue weighted by atomic mass is 28.4. The normalized spacial score (nSPS) is 20.1. The third-order valence-electron chi connectivity index (χ3n) is 8.16. The van der Waals surface area contributed by atoms with Crippen LogP contribution in [0, 0.1) is 6.92 Å². The molecule has 0 N–H and O–H groups in total. The van der Waals surface area contributed by atoms with Crippen molar-refractivity contribution in [3.8, 4) is 11.5 Å². The Bertz CT molecular complexity index is 1270. The van der Waals surface area contributed by atoms with Gasteiger partial charge in [-0.1, -0.05) is 88.4 Å². The molecule has 1 saturated heterocycles. The highest BCUT2D eigenvalue weighted by Crippen LogP contribution is 2.41. The van der Waals surface area contributed by atoms with Gasteiger partial charge in [0.2, 0.25) is 0 Å². The Balaban J connectivity index is 1.51. The molecule has 0 radical (unpaired) electrons. The minimum atomic E-state index is -2.73. The molecule has 2 aliphatic heterocycles. The first-order valence-electron chi connectivity index (χ1n) is 14.2. The van der Waals surface area contributed by atoms with Crippen LogP contribution in [-0.2, 0) is 4.43 Å². The van der Waals surface area contributed by atoms with Crippen molar-refractivity contribution in [1.29, 1.82) is 0 Å². The van der Waals surface area contributed by atoms with E-state index in [-0.39, 0.29) is 29.2 Å². The molecular weight excluding hydrogens is 502 g/mol. The van der Waals surface area contributed by atoms with Crippen LogP contribution >= 0.6 is 0 Å². The van der Waals surface area contributed by atoms with E-state index in [9.17, 15) is 4.79 Å². The van der Waals surface area contributed by atoms with Gasteiger partial charge in [0.05, 0.1) is 18.2 Å². The van der Waals surface area contributed by atoms with Crippen molar-refractivity contribution >= 4 is 24.6 Å². The molecule has 0 aromatic heterocycles. The van der Waals surface area contributed by atoms with Crippen molar-refractivity contribution in [3.63, 3.8) is 0 Å². The summed E-state index contributed by atoms with van der Waals surface area (Å²) in [5.41, 5.74) is 1.56. The molecule has 5 rings (SSSR count). The van der Waals surface area contributed by atoms with Crippen molar-refractivity contribution in [2.45, 2.75) is 77.7 Å². The lowest BCUT2D eigenvalue weighted by molar-refractivity contribution is 0.0707. The minimum absolute atomic E-state index is 0.00700. The molecule has 3 atom stereocenters. The molecule has 5 nitrogen and oxygen atoms in total. The number of fused-ring (bicyclic) bond motifs is 2. The van der Waals surface area contributed by atoms with Gasteiger partial charge in [0.15, 0.2) is 0 Å². The number of amides is 1. The van der Waals surface area contributed by atoms with Crippen LogP contribution in [0.5, 0.6) is 11.5 Å². The van der Waals surface area contributed by atoms with Crippen molar-refractivity contribution in [2.75, 3.05) is 13.2 Å². The van der Waals surface area contributed by atoms with E-state index < -0.39 is 8.32 Å².